The van der Waals surface area contributed by atoms with Crippen molar-refractivity contribution in [1.82, 2.24) is 25.3 Å². The second-order valence-corrected chi connectivity index (χ2v) is 15.0. The molecule has 9 unspecified atom stereocenters. The summed E-state index contributed by atoms with van der Waals surface area (Å²) >= 11 is 0. The van der Waals surface area contributed by atoms with Crippen LogP contribution in [0.1, 0.15) is 92.7 Å². The normalized spacial score (nSPS) is 19.6. The van der Waals surface area contributed by atoms with Gasteiger partial charge < -0.3 is 35.0 Å². The number of aliphatic hydroxyl groups is 1. The summed E-state index contributed by atoms with van der Waals surface area (Å²) in [4.78, 5) is 59.6. The van der Waals surface area contributed by atoms with E-state index in [2.05, 4.69) is 10.6 Å². The third kappa shape index (κ3) is 11.7. The minimum absolute atomic E-state index is 0.000863. The number of ether oxygens (including phenoxy) is 2. The van der Waals surface area contributed by atoms with E-state index in [0.29, 0.717) is 18.5 Å². The van der Waals surface area contributed by atoms with Gasteiger partial charge in [-0.25, -0.2) is 0 Å². The summed E-state index contributed by atoms with van der Waals surface area (Å²) in [5.41, 5.74) is 0.712. The van der Waals surface area contributed by atoms with Crippen molar-refractivity contribution in [3.05, 3.63) is 35.9 Å². The number of amides is 4. The number of carbonyl (C=O) groups is 4. The first-order valence-corrected chi connectivity index (χ1v) is 18.7. The van der Waals surface area contributed by atoms with Crippen molar-refractivity contribution < 1.29 is 33.8 Å². The van der Waals surface area contributed by atoms with Crippen molar-refractivity contribution in [2.24, 2.45) is 17.8 Å². The number of hydrogen-bond donors (Lipinski definition) is 3. The van der Waals surface area contributed by atoms with Gasteiger partial charge in [0.25, 0.3) is 0 Å². The summed E-state index contributed by atoms with van der Waals surface area (Å²) in [6, 6.07) is 7.68. The molecule has 1 aromatic carbocycles. The van der Waals surface area contributed by atoms with Gasteiger partial charge in [0.2, 0.25) is 23.6 Å². The maximum Gasteiger partial charge on any atom is 0.242 e. The largest absolute Gasteiger partial charge is 0.386 e. The van der Waals surface area contributed by atoms with Crippen molar-refractivity contribution in [3.63, 3.8) is 0 Å². The van der Waals surface area contributed by atoms with E-state index in [0.717, 1.165) is 12.8 Å². The van der Waals surface area contributed by atoms with Crippen LogP contribution in [0.2, 0.25) is 0 Å². The molecule has 12 nitrogen and oxygen atoms in total. The average molecular weight is 718 g/mol. The Kier molecular flexibility index (Phi) is 18.0. The van der Waals surface area contributed by atoms with Crippen molar-refractivity contribution in [1.29, 1.82) is 0 Å². The van der Waals surface area contributed by atoms with Gasteiger partial charge in [0.15, 0.2) is 0 Å². The molecule has 2 rings (SSSR count). The topological polar surface area (TPSA) is 141 Å². The summed E-state index contributed by atoms with van der Waals surface area (Å²) in [6.45, 7) is 16.0. The predicted octanol–water partition coefficient (Wildman–Crippen LogP) is 3.63. The Hall–Kier alpha value is -3.06. The summed E-state index contributed by atoms with van der Waals surface area (Å²) in [7, 11) is 6.73. The molecular weight excluding hydrogens is 650 g/mol. The van der Waals surface area contributed by atoms with Crippen LogP contribution in [0.4, 0.5) is 0 Å². The molecule has 0 spiro atoms. The van der Waals surface area contributed by atoms with E-state index in [4.69, 9.17) is 9.47 Å². The molecule has 1 fully saturated rings. The Morgan fingerprint density at radius 1 is 0.961 bits per heavy atom. The molecule has 3 N–H and O–H groups in total. The van der Waals surface area contributed by atoms with Crippen molar-refractivity contribution in [2.75, 3.05) is 41.4 Å². The first kappa shape index (κ1) is 44.1. The molecule has 4 amide bonds. The molecule has 0 aromatic heterocycles. The molecule has 1 aromatic rings. The van der Waals surface area contributed by atoms with E-state index in [9.17, 15) is 24.3 Å². The summed E-state index contributed by atoms with van der Waals surface area (Å²) in [5, 5.41) is 16.6. The maximum atomic E-state index is 14.0. The van der Waals surface area contributed by atoms with E-state index >= 15 is 0 Å². The third-order valence-electron chi connectivity index (χ3n) is 10.9. The van der Waals surface area contributed by atoms with E-state index in [-0.39, 0.29) is 66.6 Å². The van der Waals surface area contributed by atoms with Gasteiger partial charge in [0, 0.05) is 33.9 Å². The maximum absolute atomic E-state index is 14.0. The van der Waals surface area contributed by atoms with Crippen LogP contribution in [-0.2, 0) is 28.7 Å². The predicted molar refractivity (Wildman–Crippen MR) is 200 cm³/mol. The highest BCUT2D eigenvalue weighted by molar-refractivity contribution is 5.88. The highest BCUT2D eigenvalue weighted by Crippen LogP contribution is 2.29. The number of aliphatic hydroxyl groups excluding tert-OH is 1. The van der Waals surface area contributed by atoms with Gasteiger partial charge in [0.05, 0.1) is 61.4 Å². The molecule has 0 saturated carbocycles. The zero-order valence-corrected chi connectivity index (χ0v) is 33.2. The minimum atomic E-state index is -0.873. The van der Waals surface area contributed by atoms with Gasteiger partial charge in [-0.3, -0.25) is 24.1 Å². The zero-order chi connectivity index (χ0) is 38.6. The van der Waals surface area contributed by atoms with Gasteiger partial charge >= 0.3 is 0 Å². The van der Waals surface area contributed by atoms with Crippen LogP contribution in [0.5, 0.6) is 0 Å². The van der Waals surface area contributed by atoms with Gasteiger partial charge in [-0.1, -0.05) is 71.4 Å². The molecule has 0 radical (unpaired) electrons. The first-order valence-electron chi connectivity index (χ1n) is 18.7. The monoisotopic (exact) mass is 718 g/mol. The van der Waals surface area contributed by atoms with Gasteiger partial charge in [-0.05, 0) is 58.1 Å². The Morgan fingerprint density at radius 3 is 2.12 bits per heavy atom. The molecule has 1 aliphatic rings. The number of nitrogens with zero attached hydrogens (tertiary/aromatic N) is 3. The van der Waals surface area contributed by atoms with E-state index < -0.39 is 36.3 Å². The lowest BCUT2D eigenvalue weighted by molar-refractivity contribution is -0.146. The molecule has 0 bridgehead atoms. The molecule has 1 heterocycles. The second kappa shape index (κ2) is 20.8. The Morgan fingerprint density at radius 2 is 1.59 bits per heavy atom. The molecule has 12 heteroatoms. The molecule has 0 aliphatic carbocycles. The number of hydrogen-bond acceptors (Lipinski definition) is 8. The van der Waals surface area contributed by atoms with Crippen LogP contribution in [0.25, 0.3) is 0 Å². The lowest BCUT2D eigenvalue weighted by Gasteiger charge is -2.39. The fourth-order valence-corrected chi connectivity index (χ4v) is 7.37. The van der Waals surface area contributed by atoms with Crippen LogP contribution >= 0.6 is 0 Å². The number of likely N-dealkylation sites (tertiary alicyclic amines) is 1. The van der Waals surface area contributed by atoms with Crippen molar-refractivity contribution in [2.45, 2.75) is 130 Å². The van der Waals surface area contributed by atoms with Gasteiger partial charge in [-0.15, -0.1) is 0 Å². The fraction of sp³-hybridized carbons (Fsp3) is 0.744. The van der Waals surface area contributed by atoms with E-state index in [1.165, 1.54) is 0 Å². The van der Waals surface area contributed by atoms with Crippen molar-refractivity contribution in [3.8, 4) is 0 Å². The van der Waals surface area contributed by atoms with Crippen LogP contribution in [0, 0.1) is 17.8 Å². The molecular formula is C39H67N5O7. The number of carbonyl (C=O) groups excluding carboxylic acids is 4. The lowest BCUT2D eigenvalue weighted by atomic mass is 9.90. The van der Waals surface area contributed by atoms with Gasteiger partial charge in [0.1, 0.15) is 0 Å². The lowest BCUT2D eigenvalue weighted by Crippen LogP contribution is -2.56. The smallest absolute Gasteiger partial charge is 0.242 e. The molecule has 51 heavy (non-hydrogen) atoms. The molecule has 1 saturated heterocycles. The quantitative estimate of drug-likeness (QED) is 0.186. The summed E-state index contributed by atoms with van der Waals surface area (Å²) < 4.78 is 11.8. The fourth-order valence-electron chi connectivity index (χ4n) is 7.37. The number of likely N-dealkylation sites (N-methyl/N-ethyl adjacent to an activating group) is 2. The third-order valence-corrected chi connectivity index (χ3v) is 10.9. The van der Waals surface area contributed by atoms with Gasteiger partial charge in [-0.2, -0.15) is 0 Å². The molecule has 290 valence electrons. The SMILES string of the molecule is CCC(C)C(C(CC(=O)N1CCCC1C(OC)C(C)C(=O)NC(C)C(O)c1ccccc1)OC)N(C)C(=O)CNC(=O)C(C(C)C)N(C)C(C)C. The Balaban J connectivity index is 2.16. The number of methoxy groups -OCH3 is 2. The molecule has 1 aliphatic heterocycles. The number of nitrogens with one attached hydrogen (secondary N) is 2. The van der Waals surface area contributed by atoms with Crippen LogP contribution in [0.15, 0.2) is 30.3 Å². The van der Waals surface area contributed by atoms with E-state index in [1.54, 1.807) is 44.9 Å². The van der Waals surface area contributed by atoms with Crippen LogP contribution < -0.4 is 10.6 Å². The average Bonchev–Trinajstić information content (AvgIpc) is 3.59. The minimum Gasteiger partial charge on any atom is -0.386 e. The van der Waals surface area contributed by atoms with Crippen LogP contribution in [-0.4, -0.2) is 127 Å². The number of benzene rings is 1. The Bertz CT molecular complexity index is 1250. The highest BCUT2D eigenvalue weighted by Gasteiger charge is 2.42. The zero-order valence-electron chi connectivity index (χ0n) is 33.2. The highest BCUT2D eigenvalue weighted by atomic mass is 16.5. The summed E-state index contributed by atoms with van der Waals surface area (Å²) in [6.07, 6.45) is 0.191. The van der Waals surface area contributed by atoms with E-state index in [1.807, 2.05) is 83.8 Å². The number of rotatable bonds is 20. The standard InChI is InChI=1S/C39H67N5O7/c1-13-26(6)35(43(10)33(46)23-40-39(49)34(24(2)3)42(9)25(4)5)31(50-11)22-32(45)44-21-17-20-30(44)37(51-12)27(7)38(48)41-28(8)36(47)29-18-15-14-16-19-29/h14-16,18-19,24-28,30-31,34-37,47H,13,17,20-23H2,1-12H3,(H,40,49)(H,41,48). The summed E-state index contributed by atoms with van der Waals surface area (Å²) in [5.74, 6) is -1.39. The van der Waals surface area contributed by atoms with Crippen LogP contribution in [0.3, 0.4) is 0 Å². The first-order chi connectivity index (χ1) is 24.0. The Labute approximate surface area is 307 Å². The van der Waals surface area contributed by atoms with Crippen molar-refractivity contribution >= 4 is 23.6 Å². The molecule has 9 atom stereocenters. The second-order valence-electron chi connectivity index (χ2n) is 15.0.